The number of benzene rings is 2. The van der Waals surface area contributed by atoms with Crippen LogP contribution >= 0.6 is 0 Å². The molecular formula is C14H10FN3O6. The zero-order valence-electron chi connectivity index (χ0n) is 12.0. The molecule has 0 saturated heterocycles. The molecule has 2 aromatic rings. The third kappa shape index (κ3) is 4.00. The van der Waals surface area contributed by atoms with E-state index >= 15 is 0 Å². The summed E-state index contributed by atoms with van der Waals surface area (Å²) in [6.45, 7) is -0.405. The number of nitro benzene ring substituents is 2. The van der Waals surface area contributed by atoms with Gasteiger partial charge in [0.25, 0.3) is 11.4 Å². The fraction of sp³-hybridized carbons (Fsp3) is 0.0714. The first-order valence-corrected chi connectivity index (χ1v) is 6.48. The van der Waals surface area contributed by atoms with Crippen molar-refractivity contribution in [1.82, 2.24) is 0 Å². The van der Waals surface area contributed by atoms with E-state index in [1.807, 2.05) is 0 Å². The van der Waals surface area contributed by atoms with Crippen LogP contribution in [0.15, 0.2) is 42.5 Å². The molecule has 0 spiro atoms. The molecule has 2 aromatic carbocycles. The van der Waals surface area contributed by atoms with Crippen molar-refractivity contribution in [3.05, 3.63) is 74.1 Å². The third-order valence-electron chi connectivity index (χ3n) is 2.94. The number of ether oxygens (including phenoxy) is 1. The summed E-state index contributed by atoms with van der Waals surface area (Å²) in [5, 5.41) is 23.8. The zero-order valence-corrected chi connectivity index (χ0v) is 12.0. The van der Waals surface area contributed by atoms with Crippen LogP contribution in [0.5, 0.6) is 0 Å². The summed E-state index contributed by atoms with van der Waals surface area (Å²) in [6.07, 6.45) is -1.07. The number of amides is 1. The Balaban J connectivity index is 2.08. The van der Waals surface area contributed by atoms with Crippen LogP contribution in [0.25, 0.3) is 0 Å². The Morgan fingerprint density at radius 2 is 1.75 bits per heavy atom. The van der Waals surface area contributed by atoms with Crippen molar-refractivity contribution in [3.8, 4) is 0 Å². The van der Waals surface area contributed by atoms with Crippen LogP contribution in [0.3, 0.4) is 0 Å². The minimum atomic E-state index is -1.07. The number of halogens is 1. The lowest BCUT2D eigenvalue weighted by molar-refractivity contribution is -0.385. The van der Waals surface area contributed by atoms with Crippen molar-refractivity contribution in [2.45, 2.75) is 6.61 Å². The highest BCUT2D eigenvalue weighted by Gasteiger charge is 2.19. The number of carbonyl (C=O) groups excluding carboxylic acids is 1. The maximum absolute atomic E-state index is 13.0. The van der Waals surface area contributed by atoms with Crippen molar-refractivity contribution in [1.29, 1.82) is 0 Å². The van der Waals surface area contributed by atoms with Gasteiger partial charge in [0.05, 0.1) is 21.5 Å². The Morgan fingerprint density at radius 3 is 2.42 bits per heavy atom. The monoisotopic (exact) mass is 335 g/mol. The molecule has 0 aliphatic heterocycles. The molecule has 0 heterocycles. The Morgan fingerprint density at radius 1 is 1.08 bits per heavy atom. The van der Waals surface area contributed by atoms with Gasteiger partial charge in [-0.3, -0.25) is 25.5 Å². The van der Waals surface area contributed by atoms with Gasteiger partial charge in [0.1, 0.15) is 18.1 Å². The summed E-state index contributed by atoms with van der Waals surface area (Å²) >= 11 is 0. The molecule has 1 amide bonds. The van der Waals surface area contributed by atoms with E-state index in [1.54, 1.807) is 0 Å². The first-order valence-electron chi connectivity index (χ1n) is 6.48. The zero-order chi connectivity index (χ0) is 17.7. The molecule has 0 aliphatic carbocycles. The molecule has 0 saturated carbocycles. The van der Waals surface area contributed by atoms with Crippen LogP contribution in [0.2, 0.25) is 0 Å². The minimum absolute atomic E-state index is 0.159. The highest BCUT2D eigenvalue weighted by atomic mass is 19.1. The standard InChI is InChI=1S/C14H10FN3O6/c15-10-5-6-11(13(7-10)18(22)23)16-14(19)24-8-9-3-1-2-4-12(9)17(20)21/h1-7H,8H2,(H,16,19). The number of nitrogens with zero attached hydrogens (tertiary/aromatic N) is 2. The van der Waals surface area contributed by atoms with Crippen molar-refractivity contribution < 1.29 is 23.8 Å². The van der Waals surface area contributed by atoms with Crippen LogP contribution in [0, 0.1) is 26.0 Å². The Hall–Kier alpha value is -3.56. The number of nitro groups is 2. The van der Waals surface area contributed by atoms with Crippen LogP contribution < -0.4 is 5.32 Å². The van der Waals surface area contributed by atoms with E-state index in [9.17, 15) is 29.4 Å². The predicted octanol–water partition coefficient (Wildman–Crippen LogP) is 3.39. The van der Waals surface area contributed by atoms with Crippen LogP contribution in [0.4, 0.5) is 26.2 Å². The summed E-state index contributed by atoms with van der Waals surface area (Å²) in [5.74, 6) is -0.833. The lowest BCUT2D eigenvalue weighted by Crippen LogP contribution is -2.15. The largest absolute Gasteiger partial charge is 0.444 e. The summed E-state index contributed by atoms with van der Waals surface area (Å²) in [5.41, 5.74) is -0.962. The number of carbonyl (C=O) groups is 1. The maximum atomic E-state index is 13.0. The molecule has 0 aliphatic rings. The highest BCUT2D eigenvalue weighted by molar-refractivity contribution is 5.87. The SMILES string of the molecule is O=C(Nc1ccc(F)cc1[N+](=O)[O-])OCc1ccccc1[N+](=O)[O-]. The van der Waals surface area contributed by atoms with Crippen molar-refractivity contribution in [2.75, 3.05) is 5.32 Å². The second kappa shape index (κ2) is 7.13. The van der Waals surface area contributed by atoms with E-state index < -0.39 is 34.1 Å². The quantitative estimate of drug-likeness (QED) is 0.659. The fourth-order valence-electron chi connectivity index (χ4n) is 1.86. The lowest BCUT2D eigenvalue weighted by Gasteiger charge is -2.08. The van der Waals surface area contributed by atoms with Gasteiger partial charge in [-0.05, 0) is 18.2 Å². The van der Waals surface area contributed by atoms with E-state index in [1.165, 1.54) is 24.3 Å². The van der Waals surface area contributed by atoms with Gasteiger partial charge in [-0.2, -0.15) is 0 Å². The summed E-state index contributed by atoms with van der Waals surface area (Å²) in [4.78, 5) is 31.9. The summed E-state index contributed by atoms with van der Waals surface area (Å²) in [7, 11) is 0. The molecular weight excluding hydrogens is 325 g/mol. The molecule has 24 heavy (non-hydrogen) atoms. The van der Waals surface area contributed by atoms with Crippen molar-refractivity contribution >= 4 is 23.2 Å². The molecule has 2 rings (SSSR count). The first-order chi connectivity index (χ1) is 11.4. The molecule has 124 valence electrons. The molecule has 9 nitrogen and oxygen atoms in total. The average Bonchev–Trinajstić information content (AvgIpc) is 2.54. The average molecular weight is 335 g/mol. The van der Waals surface area contributed by atoms with Crippen LogP contribution in [0.1, 0.15) is 5.56 Å². The van der Waals surface area contributed by atoms with Gasteiger partial charge in [-0.1, -0.05) is 12.1 Å². The van der Waals surface area contributed by atoms with E-state index in [2.05, 4.69) is 5.32 Å². The fourth-order valence-corrected chi connectivity index (χ4v) is 1.86. The Labute approximate surface area is 134 Å². The normalized spacial score (nSPS) is 10.0. The minimum Gasteiger partial charge on any atom is -0.444 e. The smallest absolute Gasteiger partial charge is 0.412 e. The van der Waals surface area contributed by atoms with Crippen LogP contribution in [-0.4, -0.2) is 15.9 Å². The number of nitrogens with one attached hydrogen (secondary N) is 1. The van der Waals surface area contributed by atoms with Crippen LogP contribution in [-0.2, 0) is 11.3 Å². The molecule has 0 fully saturated rings. The van der Waals surface area contributed by atoms with E-state index in [0.717, 1.165) is 12.1 Å². The number of anilines is 1. The van der Waals surface area contributed by atoms with Gasteiger partial charge in [0.2, 0.25) is 0 Å². The van der Waals surface area contributed by atoms with Gasteiger partial charge in [0, 0.05) is 6.07 Å². The van der Waals surface area contributed by atoms with Gasteiger partial charge in [-0.15, -0.1) is 0 Å². The first kappa shape index (κ1) is 16.8. The van der Waals surface area contributed by atoms with Crippen molar-refractivity contribution in [3.63, 3.8) is 0 Å². The second-order valence-electron chi connectivity index (χ2n) is 4.51. The highest BCUT2D eigenvalue weighted by Crippen LogP contribution is 2.25. The molecule has 10 heteroatoms. The predicted molar refractivity (Wildman–Crippen MR) is 80.0 cm³/mol. The van der Waals surface area contributed by atoms with Crippen molar-refractivity contribution in [2.24, 2.45) is 0 Å². The maximum Gasteiger partial charge on any atom is 0.412 e. The second-order valence-corrected chi connectivity index (χ2v) is 4.51. The van der Waals surface area contributed by atoms with Gasteiger partial charge >= 0.3 is 6.09 Å². The van der Waals surface area contributed by atoms with Gasteiger partial charge < -0.3 is 4.74 Å². The molecule has 0 bridgehead atoms. The molecule has 0 unspecified atom stereocenters. The topological polar surface area (TPSA) is 125 Å². The molecule has 1 N–H and O–H groups in total. The lowest BCUT2D eigenvalue weighted by atomic mass is 10.2. The molecule has 0 atom stereocenters. The van der Waals surface area contributed by atoms with E-state index in [4.69, 9.17) is 4.74 Å². The number of rotatable bonds is 5. The number of hydrogen-bond donors (Lipinski definition) is 1. The third-order valence-corrected chi connectivity index (χ3v) is 2.94. The summed E-state index contributed by atoms with van der Waals surface area (Å²) in [6, 6.07) is 8.26. The Kier molecular flexibility index (Phi) is 5.00. The van der Waals surface area contributed by atoms with Gasteiger partial charge in [0.15, 0.2) is 0 Å². The Bertz CT molecular complexity index is 811. The van der Waals surface area contributed by atoms with Gasteiger partial charge in [-0.25, -0.2) is 9.18 Å². The molecule has 0 aromatic heterocycles. The van der Waals surface area contributed by atoms with E-state index in [-0.39, 0.29) is 16.9 Å². The molecule has 0 radical (unpaired) electrons. The summed E-state index contributed by atoms with van der Waals surface area (Å²) < 4.78 is 17.8. The number of para-hydroxylation sites is 1. The van der Waals surface area contributed by atoms with E-state index in [0.29, 0.717) is 6.07 Å². The number of hydrogen-bond acceptors (Lipinski definition) is 6.